The Kier molecular flexibility index (Phi) is 5.75. The molecule has 0 bridgehead atoms. The van der Waals surface area contributed by atoms with Crippen molar-refractivity contribution in [2.45, 2.75) is 17.8 Å². The molecule has 0 saturated heterocycles. The minimum absolute atomic E-state index is 0.257. The lowest BCUT2D eigenvalue weighted by Crippen LogP contribution is -2.19. The highest BCUT2D eigenvalue weighted by atomic mass is 32.2. The summed E-state index contributed by atoms with van der Waals surface area (Å²) in [5.41, 5.74) is 5.59. The molecule has 0 saturated carbocycles. The van der Waals surface area contributed by atoms with Crippen LogP contribution >= 0.6 is 11.8 Å². The summed E-state index contributed by atoms with van der Waals surface area (Å²) in [6.45, 7) is 1.80. The molecule has 8 heteroatoms. The molecule has 0 aliphatic heterocycles. The average Bonchev–Trinajstić information content (AvgIpc) is 3.10. The monoisotopic (exact) mass is 366 g/mol. The summed E-state index contributed by atoms with van der Waals surface area (Å²) in [5.74, 6) is 0.499. The van der Waals surface area contributed by atoms with Crippen molar-refractivity contribution in [3.05, 3.63) is 71.8 Å². The number of rotatable bonds is 6. The van der Waals surface area contributed by atoms with Gasteiger partial charge in [0.25, 0.3) is 5.91 Å². The predicted molar refractivity (Wildman–Crippen MR) is 101 cm³/mol. The highest BCUT2D eigenvalue weighted by Gasteiger charge is 2.07. The number of amides is 1. The van der Waals surface area contributed by atoms with Crippen molar-refractivity contribution in [3.63, 3.8) is 0 Å². The Hall–Kier alpha value is -3.00. The molecule has 0 atom stereocenters. The maximum absolute atomic E-state index is 12.2. The molecule has 0 unspecified atom stereocenters. The van der Waals surface area contributed by atoms with Crippen LogP contribution in [0.5, 0.6) is 0 Å². The van der Waals surface area contributed by atoms with Crippen LogP contribution in [0.4, 0.5) is 0 Å². The first-order chi connectivity index (χ1) is 12.6. The molecule has 1 amide bonds. The molecule has 0 aliphatic rings. The number of benzene rings is 1. The molecule has 0 radical (unpaired) electrons. The quantitative estimate of drug-likeness (QED) is 0.412. The van der Waals surface area contributed by atoms with Crippen LogP contribution in [0, 0.1) is 0 Å². The maximum atomic E-state index is 12.2. The lowest BCUT2D eigenvalue weighted by atomic mass is 10.1. The molecule has 3 rings (SSSR count). The van der Waals surface area contributed by atoms with Crippen LogP contribution in [0.3, 0.4) is 0 Å². The van der Waals surface area contributed by atoms with Gasteiger partial charge in [0.1, 0.15) is 6.33 Å². The first-order valence-corrected chi connectivity index (χ1v) is 8.94. The van der Waals surface area contributed by atoms with Gasteiger partial charge < -0.3 is 4.57 Å². The van der Waals surface area contributed by atoms with E-state index in [0.29, 0.717) is 11.3 Å². The van der Waals surface area contributed by atoms with E-state index in [2.05, 4.69) is 25.7 Å². The third kappa shape index (κ3) is 4.54. The number of hydrazone groups is 1. The number of thioether (sulfide) groups is 1. The predicted octanol–water partition coefficient (Wildman–Crippen LogP) is 2.66. The van der Waals surface area contributed by atoms with Crippen LogP contribution in [0.15, 0.2) is 65.2 Å². The van der Waals surface area contributed by atoms with Crippen LogP contribution in [-0.2, 0) is 12.8 Å². The molecule has 0 spiro atoms. The van der Waals surface area contributed by atoms with Gasteiger partial charge in [0.2, 0.25) is 0 Å². The Bertz CT molecular complexity index is 905. The van der Waals surface area contributed by atoms with Gasteiger partial charge in [-0.15, -0.1) is 10.2 Å². The second-order valence-corrected chi connectivity index (χ2v) is 6.51. The summed E-state index contributed by atoms with van der Waals surface area (Å²) in [7, 11) is 1.91. The number of hydrogen-bond acceptors (Lipinski definition) is 6. The summed E-state index contributed by atoms with van der Waals surface area (Å²) >= 11 is 1.59. The van der Waals surface area contributed by atoms with E-state index < -0.39 is 0 Å². The van der Waals surface area contributed by atoms with Crippen LogP contribution in [0.1, 0.15) is 28.5 Å². The number of pyridine rings is 1. The summed E-state index contributed by atoms with van der Waals surface area (Å²) in [5, 5.41) is 12.8. The van der Waals surface area contributed by atoms with Gasteiger partial charge in [0.15, 0.2) is 5.16 Å². The zero-order valence-corrected chi connectivity index (χ0v) is 15.3. The number of aryl methyl sites for hydroxylation is 1. The Labute approximate surface area is 155 Å². The number of carbonyl (C=O) groups is 1. The second-order valence-electron chi connectivity index (χ2n) is 5.56. The van der Waals surface area contributed by atoms with Gasteiger partial charge >= 0.3 is 0 Å². The number of nitrogens with one attached hydrogen (secondary N) is 1. The number of hydrogen-bond donors (Lipinski definition) is 1. The third-order valence-corrected chi connectivity index (χ3v) is 4.72. The van der Waals surface area contributed by atoms with Crippen molar-refractivity contribution < 1.29 is 4.79 Å². The number of carbonyl (C=O) groups excluding carboxylic acids is 1. The lowest BCUT2D eigenvalue weighted by Gasteiger charge is -2.04. The standard InChI is InChI=1S/C18H18N6OS/c1-13(16-5-3-4-10-19-16)21-22-17(25)15-8-6-14(7-9-15)11-26-18-23-20-12-24(18)2/h3-10,12H,11H2,1-2H3,(H,22,25)/b21-13+. The molecule has 1 aromatic carbocycles. The van der Waals surface area contributed by atoms with Crippen LogP contribution < -0.4 is 5.43 Å². The molecule has 26 heavy (non-hydrogen) atoms. The smallest absolute Gasteiger partial charge is 0.271 e. The SMILES string of the molecule is C/C(=N\NC(=O)c1ccc(CSc2nncn2C)cc1)c1ccccn1. The molecular formula is C18H18N6OS. The Morgan fingerprint density at radius 2 is 2.04 bits per heavy atom. The van der Waals surface area contributed by atoms with E-state index >= 15 is 0 Å². The van der Waals surface area contributed by atoms with Gasteiger partial charge in [0.05, 0.1) is 11.4 Å². The van der Waals surface area contributed by atoms with E-state index in [0.717, 1.165) is 22.2 Å². The molecule has 132 valence electrons. The molecule has 0 aliphatic carbocycles. The first-order valence-electron chi connectivity index (χ1n) is 7.95. The van der Waals surface area contributed by atoms with E-state index in [1.165, 1.54) is 0 Å². The number of nitrogens with zero attached hydrogens (tertiary/aromatic N) is 5. The molecule has 2 aromatic heterocycles. The Balaban J connectivity index is 1.57. The second kappa shape index (κ2) is 8.39. The van der Waals surface area contributed by atoms with Gasteiger partial charge in [-0.1, -0.05) is 30.0 Å². The molecular weight excluding hydrogens is 348 g/mol. The van der Waals surface area contributed by atoms with Gasteiger partial charge in [-0.25, -0.2) is 5.43 Å². The Morgan fingerprint density at radius 3 is 2.69 bits per heavy atom. The topological polar surface area (TPSA) is 85.1 Å². The maximum Gasteiger partial charge on any atom is 0.271 e. The molecule has 7 nitrogen and oxygen atoms in total. The third-order valence-electron chi connectivity index (χ3n) is 3.61. The fraction of sp³-hybridized carbons (Fsp3) is 0.167. The number of aromatic nitrogens is 4. The van der Waals surface area contributed by atoms with Gasteiger partial charge in [-0.05, 0) is 36.8 Å². The largest absolute Gasteiger partial charge is 0.312 e. The molecule has 3 aromatic rings. The van der Waals surface area contributed by atoms with Crippen LogP contribution in [0.2, 0.25) is 0 Å². The van der Waals surface area contributed by atoms with Crippen molar-refractivity contribution in [3.8, 4) is 0 Å². The Morgan fingerprint density at radius 1 is 1.23 bits per heavy atom. The molecule has 0 fully saturated rings. The van der Waals surface area contributed by atoms with Crippen molar-refractivity contribution >= 4 is 23.4 Å². The van der Waals surface area contributed by atoms with Crippen LogP contribution in [-0.4, -0.2) is 31.4 Å². The fourth-order valence-electron chi connectivity index (χ4n) is 2.14. The van der Waals surface area contributed by atoms with E-state index in [4.69, 9.17) is 0 Å². The van der Waals surface area contributed by atoms with Crippen molar-refractivity contribution in [2.24, 2.45) is 12.1 Å². The summed E-state index contributed by atoms with van der Waals surface area (Å²) in [4.78, 5) is 16.4. The summed E-state index contributed by atoms with van der Waals surface area (Å²) < 4.78 is 1.87. The van der Waals surface area contributed by atoms with Crippen molar-refractivity contribution in [1.29, 1.82) is 0 Å². The fourth-order valence-corrected chi connectivity index (χ4v) is 2.98. The minimum Gasteiger partial charge on any atom is -0.312 e. The van der Waals surface area contributed by atoms with Gasteiger partial charge in [-0.2, -0.15) is 5.10 Å². The summed E-state index contributed by atoms with van der Waals surface area (Å²) in [6, 6.07) is 13.0. The van der Waals surface area contributed by atoms with Crippen molar-refractivity contribution in [2.75, 3.05) is 0 Å². The molecule has 2 heterocycles. The average molecular weight is 366 g/mol. The van der Waals surface area contributed by atoms with E-state index in [9.17, 15) is 4.79 Å². The highest BCUT2D eigenvalue weighted by Crippen LogP contribution is 2.20. The van der Waals surface area contributed by atoms with E-state index in [1.807, 2.05) is 41.9 Å². The zero-order chi connectivity index (χ0) is 18.4. The van der Waals surface area contributed by atoms with Crippen molar-refractivity contribution in [1.82, 2.24) is 25.2 Å². The van der Waals surface area contributed by atoms with E-state index in [1.54, 1.807) is 43.3 Å². The first kappa shape index (κ1) is 17.8. The summed E-state index contributed by atoms with van der Waals surface area (Å²) in [6.07, 6.45) is 3.36. The zero-order valence-electron chi connectivity index (χ0n) is 14.5. The van der Waals surface area contributed by atoms with Gasteiger partial charge in [0, 0.05) is 24.6 Å². The lowest BCUT2D eigenvalue weighted by molar-refractivity contribution is 0.0955. The van der Waals surface area contributed by atoms with Crippen LogP contribution in [0.25, 0.3) is 0 Å². The minimum atomic E-state index is -0.257. The highest BCUT2D eigenvalue weighted by molar-refractivity contribution is 7.98. The van der Waals surface area contributed by atoms with E-state index in [-0.39, 0.29) is 5.91 Å². The van der Waals surface area contributed by atoms with Gasteiger partial charge in [-0.3, -0.25) is 9.78 Å². The molecule has 1 N–H and O–H groups in total. The normalized spacial score (nSPS) is 11.4.